The Hall–Kier alpha value is -1.16. The predicted molar refractivity (Wildman–Crippen MR) is 99.6 cm³/mol. The third-order valence-corrected chi connectivity index (χ3v) is 7.68. The van der Waals surface area contributed by atoms with E-state index < -0.39 is 0 Å². The summed E-state index contributed by atoms with van der Waals surface area (Å²) in [6.07, 6.45) is 8.35. The summed E-state index contributed by atoms with van der Waals surface area (Å²) < 4.78 is 5.61. The van der Waals surface area contributed by atoms with E-state index in [1.54, 1.807) is 7.11 Å². The Morgan fingerprint density at radius 2 is 1.83 bits per heavy atom. The van der Waals surface area contributed by atoms with Crippen molar-refractivity contribution in [3.8, 4) is 5.75 Å². The minimum absolute atomic E-state index is 0.00699. The van der Waals surface area contributed by atoms with E-state index in [-0.39, 0.29) is 11.2 Å². The molecule has 4 heteroatoms. The quantitative estimate of drug-likeness (QED) is 0.839. The molecule has 4 bridgehead atoms. The van der Waals surface area contributed by atoms with Gasteiger partial charge in [0.2, 0.25) is 5.91 Å². The van der Waals surface area contributed by atoms with E-state index >= 15 is 0 Å². The van der Waals surface area contributed by atoms with Gasteiger partial charge in [0.1, 0.15) is 5.75 Å². The number of amides is 1. The molecule has 3 nitrogen and oxygen atoms in total. The van der Waals surface area contributed by atoms with Crippen LogP contribution in [-0.2, 0) is 4.79 Å². The highest BCUT2D eigenvalue weighted by Crippen LogP contribution is 2.61. The van der Waals surface area contributed by atoms with Crippen molar-refractivity contribution in [2.75, 3.05) is 12.4 Å². The summed E-state index contributed by atoms with van der Waals surface area (Å²) >= 11 is 1.95. The van der Waals surface area contributed by atoms with Crippen molar-refractivity contribution < 1.29 is 9.53 Å². The maximum atomic E-state index is 12.7. The van der Waals surface area contributed by atoms with Crippen molar-refractivity contribution in [1.29, 1.82) is 0 Å². The largest absolute Gasteiger partial charge is 0.497 e. The zero-order chi connectivity index (χ0) is 16.7. The average Bonchev–Trinajstić information content (AvgIpc) is 2.53. The monoisotopic (exact) mass is 345 g/mol. The van der Waals surface area contributed by atoms with E-state index in [0.717, 1.165) is 29.2 Å². The van der Waals surface area contributed by atoms with Crippen molar-refractivity contribution >= 4 is 23.4 Å². The number of carbonyl (C=O) groups excluding carboxylic acids is 1. The number of nitrogens with one attached hydrogen (secondary N) is 1. The van der Waals surface area contributed by atoms with Gasteiger partial charge in [0, 0.05) is 16.5 Å². The molecule has 1 amide bonds. The minimum Gasteiger partial charge on any atom is -0.497 e. The van der Waals surface area contributed by atoms with Crippen LogP contribution in [0.1, 0.15) is 45.4 Å². The molecule has 0 aliphatic heterocycles. The number of anilines is 1. The highest BCUT2D eigenvalue weighted by molar-refractivity contribution is 8.01. The van der Waals surface area contributed by atoms with Crippen molar-refractivity contribution in [2.45, 2.75) is 55.4 Å². The first-order chi connectivity index (χ1) is 11.5. The van der Waals surface area contributed by atoms with Crippen LogP contribution in [0.2, 0.25) is 0 Å². The molecule has 0 heterocycles. The molecule has 4 aliphatic rings. The van der Waals surface area contributed by atoms with E-state index in [2.05, 4.69) is 12.2 Å². The van der Waals surface area contributed by atoms with Crippen molar-refractivity contribution in [1.82, 2.24) is 0 Å². The minimum atomic E-state index is -0.00699. The van der Waals surface area contributed by atoms with Crippen LogP contribution in [0, 0.1) is 17.8 Å². The number of rotatable bonds is 5. The summed E-state index contributed by atoms with van der Waals surface area (Å²) in [5, 5.41) is 3.05. The van der Waals surface area contributed by atoms with E-state index in [9.17, 15) is 4.79 Å². The number of hydrogen-bond donors (Lipinski definition) is 1. The Labute approximate surface area is 148 Å². The molecule has 4 aliphatic carbocycles. The number of thioether (sulfide) groups is 1. The zero-order valence-corrected chi connectivity index (χ0v) is 15.4. The Bertz CT molecular complexity index is 595. The van der Waals surface area contributed by atoms with E-state index in [1.165, 1.54) is 38.5 Å². The van der Waals surface area contributed by atoms with Gasteiger partial charge in [-0.2, -0.15) is 0 Å². The second kappa shape index (κ2) is 6.29. The second-order valence-corrected chi connectivity index (χ2v) is 9.89. The third-order valence-electron chi connectivity index (χ3n) is 6.12. The van der Waals surface area contributed by atoms with Gasteiger partial charge in [-0.3, -0.25) is 4.79 Å². The summed E-state index contributed by atoms with van der Waals surface area (Å²) in [5.74, 6) is 3.67. The Kier molecular flexibility index (Phi) is 4.27. The molecule has 5 rings (SSSR count). The van der Waals surface area contributed by atoms with Crippen LogP contribution in [0.3, 0.4) is 0 Å². The molecule has 1 atom stereocenters. The lowest BCUT2D eigenvalue weighted by molar-refractivity contribution is -0.115. The average molecular weight is 346 g/mol. The van der Waals surface area contributed by atoms with Crippen LogP contribution >= 0.6 is 11.8 Å². The van der Waals surface area contributed by atoms with Crippen molar-refractivity contribution in [3.63, 3.8) is 0 Å². The maximum Gasteiger partial charge on any atom is 0.237 e. The van der Waals surface area contributed by atoms with E-state index in [0.29, 0.717) is 4.75 Å². The summed E-state index contributed by atoms with van der Waals surface area (Å²) in [6.45, 7) is 2.07. The van der Waals surface area contributed by atoms with E-state index in [4.69, 9.17) is 4.74 Å². The molecule has 0 radical (unpaired) electrons. The van der Waals surface area contributed by atoms with Crippen molar-refractivity contribution in [3.05, 3.63) is 24.3 Å². The predicted octanol–water partition coefficient (Wildman–Crippen LogP) is 4.72. The van der Waals surface area contributed by atoms with Crippen LogP contribution in [0.25, 0.3) is 0 Å². The molecular weight excluding hydrogens is 318 g/mol. The fourth-order valence-electron chi connectivity index (χ4n) is 5.55. The number of benzene rings is 1. The second-order valence-electron chi connectivity index (χ2n) is 8.08. The lowest BCUT2D eigenvalue weighted by Crippen LogP contribution is -2.49. The van der Waals surface area contributed by atoms with E-state index in [1.807, 2.05) is 36.0 Å². The number of ether oxygens (including phenoxy) is 1. The van der Waals surface area contributed by atoms with Gasteiger partial charge in [-0.15, -0.1) is 11.8 Å². The van der Waals surface area contributed by atoms with Crippen LogP contribution in [0.5, 0.6) is 5.75 Å². The topological polar surface area (TPSA) is 38.3 Å². The molecular formula is C20H27NO2S. The highest BCUT2D eigenvalue weighted by atomic mass is 32.2. The molecule has 24 heavy (non-hydrogen) atoms. The number of hydrogen-bond acceptors (Lipinski definition) is 3. The van der Waals surface area contributed by atoms with Gasteiger partial charge in [0.25, 0.3) is 0 Å². The molecule has 4 fully saturated rings. The first-order valence-corrected chi connectivity index (χ1v) is 10.1. The van der Waals surface area contributed by atoms with Crippen LogP contribution in [0.4, 0.5) is 5.69 Å². The molecule has 0 aromatic heterocycles. The standard InChI is InChI=1S/C20H27NO2S/c1-13(19(22)21-17-4-3-5-18(9-17)23-2)24-20-10-14-6-15(11-20)8-16(7-14)12-20/h3-5,9,13-16H,6-8,10-12H2,1-2H3,(H,21,22)/t13-,14?,15?,16?,20?/m0/s1. The molecule has 130 valence electrons. The van der Waals surface area contributed by atoms with Gasteiger partial charge in [0.15, 0.2) is 0 Å². The Morgan fingerprint density at radius 1 is 1.21 bits per heavy atom. The smallest absolute Gasteiger partial charge is 0.237 e. The summed E-state index contributed by atoms with van der Waals surface area (Å²) in [7, 11) is 1.65. The first-order valence-electron chi connectivity index (χ1n) is 9.18. The van der Waals surface area contributed by atoms with Gasteiger partial charge in [-0.05, 0) is 75.3 Å². The Balaban J connectivity index is 1.40. The molecule has 0 saturated heterocycles. The molecule has 1 aromatic rings. The molecule has 1 aromatic carbocycles. The summed E-state index contributed by atoms with van der Waals surface area (Å²) in [4.78, 5) is 12.7. The molecule has 0 spiro atoms. The lowest BCUT2D eigenvalue weighted by Gasteiger charge is -2.57. The normalized spacial score (nSPS) is 34.8. The fraction of sp³-hybridized carbons (Fsp3) is 0.650. The molecule has 0 unspecified atom stereocenters. The van der Waals surface area contributed by atoms with Crippen LogP contribution < -0.4 is 10.1 Å². The molecule has 4 saturated carbocycles. The number of carbonyl (C=O) groups is 1. The van der Waals surface area contributed by atoms with Crippen LogP contribution in [0.15, 0.2) is 24.3 Å². The van der Waals surface area contributed by atoms with Crippen LogP contribution in [-0.4, -0.2) is 23.0 Å². The zero-order valence-electron chi connectivity index (χ0n) is 14.6. The fourth-order valence-corrected chi connectivity index (χ4v) is 7.46. The third kappa shape index (κ3) is 3.17. The van der Waals surface area contributed by atoms with Gasteiger partial charge >= 0.3 is 0 Å². The van der Waals surface area contributed by atoms with Gasteiger partial charge in [-0.1, -0.05) is 6.07 Å². The first kappa shape index (κ1) is 16.3. The summed E-state index contributed by atoms with van der Waals surface area (Å²) in [5.41, 5.74) is 0.817. The Morgan fingerprint density at radius 3 is 2.42 bits per heavy atom. The number of methoxy groups -OCH3 is 1. The van der Waals surface area contributed by atoms with Gasteiger partial charge < -0.3 is 10.1 Å². The van der Waals surface area contributed by atoms with Gasteiger partial charge in [-0.25, -0.2) is 0 Å². The van der Waals surface area contributed by atoms with Crippen molar-refractivity contribution in [2.24, 2.45) is 17.8 Å². The molecule has 1 N–H and O–H groups in total. The highest BCUT2D eigenvalue weighted by Gasteiger charge is 2.52. The summed E-state index contributed by atoms with van der Waals surface area (Å²) in [6, 6.07) is 7.59. The van der Waals surface area contributed by atoms with Gasteiger partial charge in [0.05, 0.1) is 12.4 Å². The maximum absolute atomic E-state index is 12.7. The lowest BCUT2D eigenvalue weighted by atomic mass is 9.56. The SMILES string of the molecule is COc1cccc(NC(=O)[C@H](C)SC23CC4CC(CC(C4)C2)C3)c1.